The Balaban J connectivity index is 1.38. The van der Waals surface area contributed by atoms with Crippen molar-refractivity contribution in [3.8, 4) is 0 Å². The van der Waals surface area contributed by atoms with Gasteiger partial charge in [-0.2, -0.15) is 0 Å². The van der Waals surface area contributed by atoms with Crippen LogP contribution in [0, 0.1) is 11.7 Å². The minimum absolute atomic E-state index is 0.225. The van der Waals surface area contributed by atoms with E-state index < -0.39 is 0 Å². The molecule has 2 heterocycles. The third-order valence-electron chi connectivity index (χ3n) is 5.61. The zero-order chi connectivity index (χ0) is 20.1. The van der Waals surface area contributed by atoms with Crippen LogP contribution in [0.5, 0.6) is 0 Å². The van der Waals surface area contributed by atoms with Crippen molar-refractivity contribution in [1.29, 1.82) is 0 Å². The molecule has 0 spiro atoms. The molecule has 0 saturated carbocycles. The van der Waals surface area contributed by atoms with Gasteiger partial charge in [0.1, 0.15) is 5.82 Å². The molecule has 1 saturated heterocycles. The summed E-state index contributed by atoms with van der Waals surface area (Å²) < 4.78 is 15.8. The van der Waals surface area contributed by atoms with E-state index >= 15 is 0 Å². The smallest absolute Gasteiger partial charge is 0.245 e. The summed E-state index contributed by atoms with van der Waals surface area (Å²) in [5, 5.41) is 12.5. The summed E-state index contributed by atoms with van der Waals surface area (Å²) in [5.41, 5.74) is 1.81. The number of halogens is 2. The van der Waals surface area contributed by atoms with Gasteiger partial charge in [-0.15, -0.1) is 0 Å². The van der Waals surface area contributed by atoms with E-state index in [2.05, 4.69) is 50.8 Å². The first-order chi connectivity index (χ1) is 14.2. The molecule has 29 heavy (non-hydrogen) atoms. The first-order valence-electron chi connectivity index (χ1n) is 10.2. The van der Waals surface area contributed by atoms with Gasteiger partial charge in [-0.3, -0.25) is 0 Å². The van der Waals surface area contributed by atoms with Gasteiger partial charge in [-0.25, -0.2) is 9.07 Å². The molecule has 1 aliphatic heterocycles. The molecule has 1 fully saturated rings. The molecule has 1 atom stereocenters. The van der Waals surface area contributed by atoms with Gasteiger partial charge >= 0.3 is 0 Å². The summed E-state index contributed by atoms with van der Waals surface area (Å²) >= 11 is 6.18. The highest BCUT2D eigenvalue weighted by Gasteiger charge is 2.24. The van der Waals surface area contributed by atoms with Gasteiger partial charge in [-0.1, -0.05) is 53.1 Å². The van der Waals surface area contributed by atoms with Crippen LogP contribution in [0.4, 0.5) is 10.3 Å². The Morgan fingerprint density at radius 2 is 1.97 bits per heavy atom. The van der Waals surface area contributed by atoms with E-state index in [-0.39, 0.29) is 12.4 Å². The molecule has 4 rings (SSSR count). The quantitative estimate of drug-likeness (QED) is 0.560. The molecule has 3 aromatic rings. The number of rotatable bonds is 7. The maximum absolute atomic E-state index is 14.2. The van der Waals surface area contributed by atoms with E-state index in [1.54, 1.807) is 16.8 Å². The van der Waals surface area contributed by atoms with Crippen molar-refractivity contribution >= 4 is 17.5 Å². The fraction of sp³-hybridized carbons (Fsp3) is 0.409. The van der Waals surface area contributed by atoms with E-state index in [1.165, 1.54) is 30.9 Å². The second-order valence-electron chi connectivity index (χ2n) is 7.67. The topological polar surface area (TPSA) is 46.8 Å². The molecule has 1 aliphatic rings. The molecule has 0 amide bonds. The van der Waals surface area contributed by atoms with E-state index in [0.29, 0.717) is 22.5 Å². The molecule has 152 valence electrons. The average Bonchev–Trinajstić information content (AvgIpc) is 3.20. The van der Waals surface area contributed by atoms with Crippen LogP contribution < -0.4 is 4.90 Å². The standard InChI is InChI=1S/C22H25ClFN5/c23-20-12-5-13-21(24)19(20)16-29-22(25-26-27-29)28-14-6-11-18(15-28)10-4-9-17-7-2-1-3-8-17/h1-3,5,7-8,12-13,18H,4,6,9-11,14-16H2. The number of piperidine rings is 1. The minimum atomic E-state index is -0.337. The van der Waals surface area contributed by atoms with Gasteiger partial charge in [0.15, 0.2) is 0 Å². The number of hydrogen-bond acceptors (Lipinski definition) is 4. The molecule has 1 unspecified atom stereocenters. The van der Waals surface area contributed by atoms with Crippen molar-refractivity contribution in [3.05, 3.63) is 70.5 Å². The normalized spacial score (nSPS) is 16.9. The number of tetrazole rings is 1. The number of benzene rings is 2. The fourth-order valence-electron chi connectivity index (χ4n) is 4.08. The SMILES string of the molecule is Fc1cccc(Cl)c1Cn1nnnc1N1CCCC(CCCc2ccccc2)C1. The van der Waals surface area contributed by atoms with Crippen molar-refractivity contribution in [2.45, 2.75) is 38.6 Å². The van der Waals surface area contributed by atoms with Crippen molar-refractivity contribution in [1.82, 2.24) is 20.2 Å². The lowest BCUT2D eigenvalue weighted by molar-refractivity contribution is 0.376. The molecule has 1 aromatic heterocycles. The highest BCUT2D eigenvalue weighted by atomic mass is 35.5. The van der Waals surface area contributed by atoms with Crippen LogP contribution >= 0.6 is 11.6 Å². The predicted octanol–water partition coefficient (Wildman–Crippen LogP) is 4.75. The first-order valence-corrected chi connectivity index (χ1v) is 10.6. The zero-order valence-electron chi connectivity index (χ0n) is 16.3. The Bertz CT molecular complexity index is 910. The first kappa shape index (κ1) is 19.8. The lowest BCUT2D eigenvalue weighted by atomic mass is 9.92. The number of hydrogen-bond donors (Lipinski definition) is 0. The molecule has 0 radical (unpaired) electrons. The largest absolute Gasteiger partial charge is 0.339 e. The molecule has 2 aromatic carbocycles. The molecule has 0 aliphatic carbocycles. The molecular formula is C22H25ClFN5. The fourth-order valence-corrected chi connectivity index (χ4v) is 4.31. The molecule has 7 heteroatoms. The van der Waals surface area contributed by atoms with Gasteiger partial charge in [0, 0.05) is 23.7 Å². The number of nitrogens with zero attached hydrogens (tertiary/aromatic N) is 5. The van der Waals surface area contributed by atoms with Gasteiger partial charge in [0.25, 0.3) is 0 Å². The molecular weight excluding hydrogens is 389 g/mol. The van der Waals surface area contributed by atoms with Gasteiger partial charge in [0.05, 0.1) is 6.54 Å². The second-order valence-corrected chi connectivity index (χ2v) is 8.08. The highest BCUT2D eigenvalue weighted by molar-refractivity contribution is 6.31. The summed E-state index contributed by atoms with van der Waals surface area (Å²) in [4.78, 5) is 2.23. The molecule has 5 nitrogen and oxygen atoms in total. The zero-order valence-corrected chi connectivity index (χ0v) is 17.1. The third kappa shape index (κ3) is 4.93. The van der Waals surface area contributed by atoms with Crippen molar-refractivity contribution in [3.63, 3.8) is 0 Å². The Morgan fingerprint density at radius 3 is 2.79 bits per heavy atom. The number of anilines is 1. The third-order valence-corrected chi connectivity index (χ3v) is 5.96. The minimum Gasteiger partial charge on any atom is -0.339 e. The second kappa shape index (κ2) is 9.35. The number of aryl methyl sites for hydroxylation is 1. The van der Waals surface area contributed by atoms with Crippen molar-refractivity contribution in [2.75, 3.05) is 18.0 Å². The average molecular weight is 414 g/mol. The summed E-state index contributed by atoms with van der Waals surface area (Å²) in [5.74, 6) is 0.975. The monoisotopic (exact) mass is 413 g/mol. The summed E-state index contributed by atoms with van der Waals surface area (Å²) in [6.07, 6.45) is 5.82. The van der Waals surface area contributed by atoms with Crippen LogP contribution in [0.3, 0.4) is 0 Å². The summed E-state index contributed by atoms with van der Waals surface area (Å²) in [6, 6.07) is 15.3. The van der Waals surface area contributed by atoms with Crippen molar-refractivity contribution < 1.29 is 4.39 Å². The maximum atomic E-state index is 14.2. The Labute approximate surface area is 175 Å². The maximum Gasteiger partial charge on any atom is 0.245 e. The van der Waals surface area contributed by atoms with Crippen molar-refractivity contribution in [2.24, 2.45) is 5.92 Å². The van der Waals surface area contributed by atoms with Gasteiger partial charge < -0.3 is 4.90 Å². The molecule has 0 N–H and O–H groups in total. The summed E-state index contributed by atoms with van der Waals surface area (Å²) in [7, 11) is 0. The lowest BCUT2D eigenvalue weighted by Gasteiger charge is -2.33. The van der Waals surface area contributed by atoms with E-state index in [1.807, 2.05) is 0 Å². The van der Waals surface area contributed by atoms with E-state index in [9.17, 15) is 4.39 Å². The Hall–Kier alpha value is -2.47. The molecule has 0 bridgehead atoms. The predicted molar refractivity (Wildman–Crippen MR) is 113 cm³/mol. The van der Waals surface area contributed by atoms with Gasteiger partial charge in [-0.05, 0) is 66.1 Å². The van der Waals surface area contributed by atoms with Crippen LogP contribution in [-0.2, 0) is 13.0 Å². The van der Waals surface area contributed by atoms with Crippen LogP contribution in [0.1, 0.15) is 36.8 Å². The Morgan fingerprint density at radius 1 is 1.10 bits per heavy atom. The summed E-state index contributed by atoms with van der Waals surface area (Å²) in [6.45, 7) is 2.07. The van der Waals surface area contributed by atoms with E-state index in [0.717, 1.165) is 25.9 Å². The van der Waals surface area contributed by atoms with E-state index in [4.69, 9.17) is 11.6 Å². The van der Waals surface area contributed by atoms with Gasteiger partial charge in [0.2, 0.25) is 5.95 Å². The van der Waals surface area contributed by atoms with Crippen LogP contribution in [0.2, 0.25) is 5.02 Å². The van der Waals surface area contributed by atoms with Crippen LogP contribution in [-0.4, -0.2) is 33.3 Å². The highest BCUT2D eigenvalue weighted by Crippen LogP contribution is 2.26. The van der Waals surface area contributed by atoms with Crippen LogP contribution in [0.15, 0.2) is 48.5 Å². The lowest BCUT2D eigenvalue weighted by Crippen LogP contribution is -2.37. The number of aromatic nitrogens is 4. The Kier molecular flexibility index (Phi) is 6.39. The van der Waals surface area contributed by atoms with Crippen LogP contribution in [0.25, 0.3) is 0 Å².